The van der Waals surface area contributed by atoms with Crippen LogP contribution in [0.3, 0.4) is 0 Å². The Morgan fingerprint density at radius 2 is 1.67 bits per heavy atom. The van der Waals surface area contributed by atoms with E-state index in [2.05, 4.69) is 15.9 Å². The van der Waals surface area contributed by atoms with Crippen LogP contribution < -0.4 is 14.2 Å². The van der Waals surface area contributed by atoms with Crippen LogP contribution in [-0.4, -0.2) is 14.2 Å². The first-order valence-electron chi connectivity index (χ1n) is 6.36. The molecule has 0 unspecified atom stereocenters. The highest BCUT2D eigenvalue weighted by Crippen LogP contribution is 2.39. The summed E-state index contributed by atoms with van der Waals surface area (Å²) in [5.74, 6) is 1.84. The first-order valence-corrected chi connectivity index (χ1v) is 7.86. The lowest BCUT2D eigenvalue weighted by Gasteiger charge is -2.16. The van der Waals surface area contributed by atoms with Crippen molar-refractivity contribution in [2.45, 2.75) is 11.9 Å². The Morgan fingerprint density at radius 3 is 2.19 bits per heavy atom. The van der Waals surface area contributed by atoms with Crippen molar-refractivity contribution in [3.63, 3.8) is 0 Å². The van der Waals surface area contributed by atoms with E-state index in [0.29, 0.717) is 34.2 Å². The molecular formula is C16H16BrClO3. The molecule has 5 heteroatoms. The molecule has 3 nitrogen and oxygen atoms in total. The second kappa shape index (κ2) is 7.57. The van der Waals surface area contributed by atoms with Gasteiger partial charge in [-0.25, -0.2) is 0 Å². The highest BCUT2D eigenvalue weighted by Gasteiger charge is 2.14. The molecule has 0 aliphatic carbocycles. The molecule has 0 saturated heterocycles. The standard InChI is InChI=1S/C16H16BrClO3/c1-19-14-7-11(9-17)8-15(20-2)16(14)21-10-12-5-3-4-6-13(12)18/h3-8H,9-10H2,1-2H3. The largest absolute Gasteiger partial charge is 0.493 e. The first kappa shape index (κ1) is 16.0. The number of rotatable bonds is 6. The lowest BCUT2D eigenvalue weighted by atomic mass is 10.2. The molecule has 0 spiro atoms. The SMILES string of the molecule is COc1cc(CBr)cc(OC)c1OCc1ccccc1Cl. The van der Waals surface area contributed by atoms with Crippen LogP contribution in [0.2, 0.25) is 5.02 Å². The minimum Gasteiger partial charge on any atom is -0.493 e. The molecule has 2 aromatic rings. The Kier molecular flexibility index (Phi) is 5.76. The molecular weight excluding hydrogens is 356 g/mol. The second-order valence-electron chi connectivity index (χ2n) is 4.34. The van der Waals surface area contributed by atoms with Crippen LogP contribution >= 0.6 is 27.5 Å². The van der Waals surface area contributed by atoms with Crippen molar-refractivity contribution >= 4 is 27.5 Å². The number of hydrogen-bond acceptors (Lipinski definition) is 3. The molecule has 112 valence electrons. The number of hydrogen-bond donors (Lipinski definition) is 0. The molecule has 0 aliphatic heterocycles. The summed E-state index contributed by atoms with van der Waals surface area (Å²) in [6.45, 7) is 0.347. The van der Waals surface area contributed by atoms with Crippen LogP contribution in [0, 0.1) is 0 Å². The fraction of sp³-hybridized carbons (Fsp3) is 0.250. The summed E-state index contributed by atoms with van der Waals surface area (Å²) in [6.07, 6.45) is 0. The molecule has 0 radical (unpaired) electrons. The number of benzene rings is 2. The smallest absolute Gasteiger partial charge is 0.203 e. The minimum absolute atomic E-state index is 0.347. The fourth-order valence-electron chi connectivity index (χ4n) is 1.92. The number of ether oxygens (including phenoxy) is 3. The molecule has 0 saturated carbocycles. The normalized spacial score (nSPS) is 10.3. The van der Waals surface area contributed by atoms with E-state index < -0.39 is 0 Å². The van der Waals surface area contributed by atoms with Crippen molar-refractivity contribution in [3.8, 4) is 17.2 Å². The summed E-state index contributed by atoms with van der Waals surface area (Å²) in [5.41, 5.74) is 1.96. The van der Waals surface area contributed by atoms with E-state index >= 15 is 0 Å². The van der Waals surface area contributed by atoms with E-state index in [0.717, 1.165) is 11.1 Å². The maximum atomic E-state index is 6.14. The molecule has 21 heavy (non-hydrogen) atoms. The van der Waals surface area contributed by atoms with Crippen molar-refractivity contribution in [3.05, 3.63) is 52.5 Å². The maximum Gasteiger partial charge on any atom is 0.203 e. The van der Waals surface area contributed by atoms with Crippen molar-refractivity contribution in [2.24, 2.45) is 0 Å². The Balaban J connectivity index is 2.28. The van der Waals surface area contributed by atoms with E-state index in [1.54, 1.807) is 14.2 Å². The average molecular weight is 372 g/mol. The van der Waals surface area contributed by atoms with E-state index in [1.165, 1.54) is 0 Å². The van der Waals surface area contributed by atoms with Gasteiger partial charge in [-0.1, -0.05) is 45.7 Å². The topological polar surface area (TPSA) is 27.7 Å². The third-order valence-electron chi connectivity index (χ3n) is 3.00. The summed E-state index contributed by atoms with van der Waals surface area (Å²) < 4.78 is 16.6. The predicted molar refractivity (Wildman–Crippen MR) is 88.0 cm³/mol. The molecule has 2 aromatic carbocycles. The van der Waals surface area contributed by atoms with E-state index in [1.807, 2.05) is 36.4 Å². The van der Waals surface area contributed by atoms with Gasteiger partial charge in [0, 0.05) is 15.9 Å². The van der Waals surface area contributed by atoms with Gasteiger partial charge in [-0.05, 0) is 23.8 Å². The Hall–Kier alpha value is -1.39. The summed E-state index contributed by atoms with van der Waals surface area (Å²) in [7, 11) is 3.21. The third-order valence-corrected chi connectivity index (χ3v) is 4.02. The predicted octanol–water partition coefficient (Wildman–Crippen LogP) is 4.83. The maximum absolute atomic E-state index is 6.14. The first-order chi connectivity index (χ1) is 10.2. The molecule has 0 aromatic heterocycles. The van der Waals surface area contributed by atoms with E-state index in [4.69, 9.17) is 25.8 Å². The van der Waals surface area contributed by atoms with Crippen LogP contribution in [0.4, 0.5) is 0 Å². The van der Waals surface area contributed by atoms with Gasteiger partial charge in [0.2, 0.25) is 5.75 Å². The number of alkyl halides is 1. The van der Waals surface area contributed by atoms with Crippen LogP contribution in [0.25, 0.3) is 0 Å². The highest BCUT2D eigenvalue weighted by atomic mass is 79.9. The zero-order chi connectivity index (χ0) is 15.2. The Morgan fingerprint density at radius 1 is 1.05 bits per heavy atom. The summed E-state index contributed by atoms with van der Waals surface area (Å²) in [5, 5.41) is 1.39. The molecule has 0 N–H and O–H groups in total. The lowest BCUT2D eigenvalue weighted by molar-refractivity contribution is 0.265. The zero-order valence-electron chi connectivity index (χ0n) is 11.9. The number of halogens is 2. The van der Waals surface area contributed by atoms with Crippen molar-refractivity contribution < 1.29 is 14.2 Å². The molecule has 0 aliphatic rings. The Labute approximate surface area is 137 Å². The third kappa shape index (κ3) is 3.83. The Bertz CT molecular complexity index is 591. The fourth-order valence-corrected chi connectivity index (χ4v) is 2.43. The summed E-state index contributed by atoms with van der Waals surface area (Å²) in [4.78, 5) is 0. The molecule has 2 rings (SSSR count). The van der Waals surface area contributed by atoms with Crippen LogP contribution in [0.15, 0.2) is 36.4 Å². The second-order valence-corrected chi connectivity index (χ2v) is 5.31. The molecule has 0 fully saturated rings. The molecule has 0 heterocycles. The monoisotopic (exact) mass is 370 g/mol. The van der Waals surface area contributed by atoms with Crippen LogP contribution in [-0.2, 0) is 11.9 Å². The van der Waals surface area contributed by atoms with E-state index in [-0.39, 0.29) is 0 Å². The highest BCUT2D eigenvalue weighted by molar-refractivity contribution is 9.08. The summed E-state index contributed by atoms with van der Waals surface area (Å²) >= 11 is 9.56. The van der Waals surface area contributed by atoms with Gasteiger partial charge < -0.3 is 14.2 Å². The lowest BCUT2D eigenvalue weighted by Crippen LogP contribution is -2.01. The molecule has 0 amide bonds. The van der Waals surface area contributed by atoms with Gasteiger partial charge in [-0.3, -0.25) is 0 Å². The summed E-state index contributed by atoms with van der Waals surface area (Å²) in [6, 6.07) is 11.4. The van der Waals surface area contributed by atoms with Gasteiger partial charge in [0.05, 0.1) is 14.2 Å². The van der Waals surface area contributed by atoms with Crippen molar-refractivity contribution in [1.82, 2.24) is 0 Å². The van der Waals surface area contributed by atoms with E-state index in [9.17, 15) is 0 Å². The van der Waals surface area contributed by atoms with Gasteiger partial charge in [0.15, 0.2) is 11.5 Å². The van der Waals surface area contributed by atoms with Gasteiger partial charge in [0.25, 0.3) is 0 Å². The van der Waals surface area contributed by atoms with Crippen LogP contribution in [0.1, 0.15) is 11.1 Å². The van der Waals surface area contributed by atoms with Crippen molar-refractivity contribution in [1.29, 1.82) is 0 Å². The zero-order valence-corrected chi connectivity index (χ0v) is 14.2. The minimum atomic E-state index is 0.347. The van der Waals surface area contributed by atoms with Crippen LogP contribution in [0.5, 0.6) is 17.2 Å². The van der Waals surface area contributed by atoms with Gasteiger partial charge in [0.1, 0.15) is 6.61 Å². The molecule has 0 atom stereocenters. The quantitative estimate of drug-likeness (QED) is 0.681. The average Bonchev–Trinajstić information content (AvgIpc) is 2.53. The number of methoxy groups -OCH3 is 2. The van der Waals surface area contributed by atoms with Gasteiger partial charge >= 0.3 is 0 Å². The molecule has 0 bridgehead atoms. The van der Waals surface area contributed by atoms with Crippen molar-refractivity contribution in [2.75, 3.05) is 14.2 Å². The van der Waals surface area contributed by atoms with Gasteiger partial charge in [-0.2, -0.15) is 0 Å². The van der Waals surface area contributed by atoms with Gasteiger partial charge in [-0.15, -0.1) is 0 Å².